The van der Waals surface area contributed by atoms with Crippen LogP contribution in [0, 0.1) is 0 Å². The van der Waals surface area contributed by atoms with Gasteiger partial charge in [-0.25, -0.2) is 8.42 Å². The molecule has 5 nitrogen and oxygen atoms in total. The monoisotopic (exact) mass is 324 g/mol. The minimum atomic E-state index is -4.66. The summed E-state index contributed by atoms with van der Waals surface area (Å²) in [5.41, 5.74) is 3.49. The van der Waals surface area contributed by atoms with E-state index < -0.39 is 38.4 Å². The van der Waals surface area contributed by atoms with Gasteiger partial charge in [-0.3, -0.25) is 4.79 Å². The van der Waals surface area contributed by atoms with Crippen LogP contribution in [-0.4, -0.2) is 25.3 Å². The second kappa shape index (κ2) is 5.92. The van der Waals surface area contributed by atoms with Crippen molar-refractivity contribution in [3.63, 3.8) is 0 Å². The summed E-state index contributed by atoms with van der Waals surface area (Å²) < 4.78 is 61.1. The number of halogens is 3. The number of alkyl halides is 3. The molecule has 0 spiro atoms. The molecule has 0 saturated heterocycles. The molecule has 1 aromatic rings. The summed E-state index contributed by atoms with van der Waals surface area (Å²) in [6.45, 7) is 2.56. The van der Waals surface area contributed by atoms with Crippen molar-refractivity contribution in [2.75, 3.05) is 16.8 Å². The second-order valence-electron chi connectivity index (χ2n) is 4.38. The van der Waals surface area contributed by atoms with Crippen molar-refractivity contribution < 1.29 is 26.4 Å². The normalized spacial score (nSPS) is 13.8. The molecule has 1 rings (SSSR count). The fourth-order valence-electron chi connectivity index (χ4n) is 1.54. The molecule has 1 amide bonds. The van der Waals surface area contributed by atoms with Crippen LogP contribution in [0.1, 0.15) is 19.4 Å². The van der Waals surface area contributed by atoms with Crippen LogP contribution in [-0.2, 0) is 20.8 Å². The summed E-state index contributed by atoms with van der Waals surface area (Å²) >= 11 is 0. The number of nitrogen functional groups attached to an aromatic ring is 1. The minimum Gasteiger partial charge on any atom is -0.398 e. The van der Waals surface area contributed by atoms with Gasteiger partial charge in [0.1, 0.15) is 5.25 Å². The van der Waals surface area contributed by atoms with Crippen LogP contribution < -0.4 is 11.1 Å². The number of hydrogen-bond acceptors (Lipinski definition) is 4. The lowest BCUT2D eigenvalue weighted by Gasteiger charge is -2.15. The van der Waals surface area contributed by atoms with Crippen LogP contribution in [0.15, 0.2) is 18.2 Å². The van der Waals surface area contributed by atoms with E-state index in [4.69, 9.17) is 5.73 Å². The molecule has 0 aliphatic rings. The lowest BCUT2D eigenvalue weighted by molar-refractivity contribution is -0.136. The highest BCUT2D eigenvalue weighted by Gasteiger charge is 2.33. The Hall–Kier alpha value is -1.77. The first-order valence-corrected chi connectivity index (χ1v) is 7.69. The number of nitrogens with one attached hydrogen (secondary N) is 1. The fraction of sp³-hybridized carbons (Fsp3) is 0.417. The van der Waals surface area contributed by atoms with Gasteiger partial charge in [0.05, 0.1) is 5.56 Å². The van der Waals surface area contributed by atoms with Crippen molar-refractivity contribution in [2.45, 2.75) is 25.3 Å². The number of amides is 1. The van der Waals surface area contributed by atoms with Gasteiger partial charge < -0.3 is 11.1 Å². The number of sulfone groups is 1. The van der Waals surface area contributed by atoms with Gasteiger partial charge in [0.2, 0.25) is 5.91 Å². The van der Waals surface area contributed by atoms with Crippen LogP contribution in [0.2, 0.25) is 0 Å². The highest BCUT2D eigenvalue weighted by atomic mass is 32.2. The predicted octanol–water partition coefficient (Wildman–Crippen LogP) is 2.05. The van der Waals surface area contributed by atoms with Gasteiger partial charge in [-0.15, -0.1) is 0 Å². The van der Waals surface area contributed by atoms with E-state index in [9.17, 15) is 26.4 Å². The first kappa shape index (κ1) is 17.3. The number of rotatable bonds is 4. The summed E-state index contributed by atoms with van der Waals surface area (Å²) in [4.78, 5) is 11.8. The standard InChI is InChI=1S/C12H15F3N2O3S/c1-3-21(19,20)7(2)11(18)17-8-4-5-10(16)9(6-8)12(13,14)15/h4-7H,3,16H2,1-2H3,(H,17,18). The van der Waals surface area contributed by atoms with Crippen LogP contribution in [0.3, 0.4) is 0 Å². The maximum absolute atomic E-state index is 12.7. The molecule has 0 heterocycles. The quantitative estimate of drug-likeness (QED) is 0.830. The molecule has 0 aliphatic carbocycles. The zero-order valence-electron chi connectivity index (χ0n) is 11.4. The molecule has 118 valence electrons. The number of hydrogen-bond donors (Lipinski definition) is 2. The van der Waals surface area contributed by atoms with Crippen molar-refractivity contribution in [3.05, 3.63) is 23.8 Å². The van der Waals surface area contributed by atoms with Crippen LogP contribution in [0.5, 0.6) is 0 Å². The van der Waals surface area contributed by atoms with E-state index in [2.05, 4.69) is 5.32 Å². The highest BCUT2D eigenvalue weighted by Crippen LogP contribution is 2.35. The van der Waals surface area contributed by atoms with E-state index in [1.54, 1.807) is 0 Å². The molecule has 1 unspecified atom stereocenters. The molecule has 1 aromatic carbocycles. The first-order valence-electron chi connectivity index (χ1n) is 5.98. The topological polar surface area (TPSA) is 89.3 Å². The van der Waals surface area contributed by atoms with Crippen LogP contribution in [0.25, 0.3) is 0 Å². The van der Waals surface area contributed by atoms with E-state index in [1.165, 1.54) is 19.9 Å². The van der Waals surface area contributed by atoms with Gasteiger partial charge in [0.15, 0.2) is 9.84 Å². The number of nitrogens with two attached hydrogens (primary N) is 1. The van der Waals surface area contributed by atoms with Crippen molar-refractivity contribution in [1.29, 1.82) is 0 Å². The molecule has 0 aliphatic heterocycles. The molecule has 21 heavy (non-hydrogen) atoms. The largest absolute Gasteiger partial charge is 0.418 e. The number of carbonyl (C=O) groups excluding carboxylic acids is 1. The molecule has 1 atom stereocenters. The van der Waals surface area contributed by atoms with Gasteiger partial charge in [-0.1, -0.05) is 6.92 Å². The maximum Gasteiger partial charge on any atom is 0.418 e. The van der Waals surface area contributed by atoms with E-state index in [1.807, 2.05) is 0 Å². The average molecular weight is 324 g/mol. The smallest absolute Gasteiger partial charge is 0.398 e. The zero-order chi connectivity index (χ0) is 16.4. The summed E-state index contributed by atoms with van der Waals surface area (Å²) in [7, 11) is -3.62. The molecular weight excluding hydrogens is 309 g/mol. The Morgan fingerprint density at radius 3 is 2.43 bits per heavy atom. The van der Waals surface area contributed by atoms with Gasteiger partial charge in [-0.2, -0.15) is 13.2 Å². The van der Waals surface area contributed by atoms with Crippen molar-refractivity contribution in [3.8, 4) is 0 Å². The Kier molecular flexibility index (Phi) is 4.87. The Balaban J connectivity index is 3.02. The van der Waals surface area contributed by atoms with Gasteiger partial charge in [-0.05, 0) is 25.1 Å². The van der Waals surface area contributed by atoms with Crippen LogP contribution in [0.4, 0.5) is 24.5 Å². The van der Waals surface area contributed by atoms with Crippen molar-refractivity contribution >= 4 is 27.1 Å². The summed E-state index contributed by atoms with van der Waals surface area (Å²) in [5, 5.41) is 0.796. The molecule has 0 saturated carbocycles. The lowest BCUT2D eigenvalue weighted by atomic mass is 10.1. The Morgan fingerprint density at radius 2 is 1.95 bits per heavy atom. The Bertz CT molecular complexity index is 642. The Morgan fingerprint density at radius 1 is 1.38 bits per heavy atom. The molecule has 3 N–H and O–H groups in total. The number of carbonyl (C=O) groups is 1. The third kappa shape index (κ3) is 4.10. The Labute approximate surface area is 120 Å². The number of anilines is 2. The minimum absolute atomic E-state index is 0.167. The molecule has 0 fully saturated rings. The maximum atomic E-state index is 12.7. The van der Waals surface area contributed by atoms with Crippen LogP contribution >= 0.6 is 0 Å². The second-order valence-corrected chi connectivity index (χ2v) is 6.99. The molecule has 0 bridgehead atoms. The third-order valence-electron chi connectivity index (χ3n) is 2.94. The predicted molar refractivity (Wildman–Crippen MR) is 73.4 cm³/mol. The van der Waals surface area contributed by atoms with Gasteiger partial charge >= 0.3 is 6.18 Å². The lowest BCUT2D eigenvalue weighted by Crippen LogP contribution is -2.33. The number of benzene rings is 1. The van der Waals surface area contributed by atoms with E-state index >= 15 is 0 Å². The summed E-state index contributed by atoms with van der Waals surface area (Å²) in [5.74, 6) is -1.13. The fourth-order valence-corrected chi connectivity index (χ4v) is 2.42. The molecule has 9 heteroatoms. The van der Waals surface area contributed by atoms with E-state index in [0.29, 0.717) is 6.07 Å². The average Bonchev–Trinajstić information content (AvgIpc) is 2.38. The van der Waals surface area contributed by atoms with Crippen molar-refractivity contribution in [1.82, 2.24) is 0 Å². The summed E-state index contributed by atoms with van der Waals surface area (Å²) in [6.07, 6.45) is -4.66. The van der Waals surface area contributed by atoms with Crippen molar-refractivity contribution in [2.24, 2.45) is 0 Å². The molecular formula is C12H15F3N2O3S. The SMILES string of the molecule is CCS(=O)(=O)C(C)C(=O)Nc1ccc(N)c(C(F)(F)F)c1. The van der Waals surface area contributed by atoms with Gasteiger partial charge in [0, 0.05) is 17.1 Å². The van der Waals surface area contributed by atoms with E-state index in [-0.39, 0.29) is 11.4 Å². The third-order valence-corrected chi connectivity index (χ3v) is 5.03. The summed E-state index contributed by atoms with van der Waals surface area (Å²) in [6, 6.07) is 2.84. The zero-order valence-corrected chi connectivity index (χ0v) is 12.2. The molecule has 0 radical (unpaired) electrons. The highest BCUT2D eigenvalue weighted by molar-refractivity contribution is 7.92. The van der Waals surface area contributed by atoms with E-state index in [0.717, 1.165) is 6.07 Å². The van der Waals surface area contributed by atoms with Gasteiger partial charge in [0.25, 0.3) is 0 Å². The first-order chi connectivity index (χ1) is 9.49. The molecule has 0 aromatic heterocycles.